The first-order valence-corrected chi connectivity index (χ1v) is 16.5. The van der Waals surface area contributed by atoms with Gasteiger partial charge in [0.1, 0.15) is 41.4 Å². The number of fused-ring (bicyclic) bond motifs is 3. The first-order valence-electron chi connectivity index (χ1n) is 16.5. The Morgan fingerprint density at radius 1 is 1.04 bits per heavy atom. The molecule has 10 heteroatoms. The normalized spacial score (nSPS) is 22.9. The zero-order chi connectivity index (χ0) is 32.3. The second kappa shape index (κ2) is 11.7. The monoisotopic (exact) mass is 639 g/mol. The van der Waals surface area contributed by atoms with E-state index in [1.165, 1.54) is 18.2 Å². The van der Waals surface area contributed by atoms with Crippen molar-refractivity contribution in [1.82, 2.24) is 19.9 Å². The van der Waals surface area contributed by atoms with E-state index in [1.54, 1.807) is 12.3 Å². The number of nitrogens with zero attached hydrogens (tertiary/aromatic N) is 5. The van der Waals surface area contributed by atoms with Crippen LogP contribution in [0.25, 0.3) is 32.9 Å². The minimum atomic E-state index is -0.913. The molecule has 0 radical (unpaired) electrons. The second-order valence-corrected chi connectivity index (χ2v) is 13.1. The largest absolute Gasteiger partial charge is 0.508 e. The van der Waals surface area contributed by atoms with Crippen LogP contribution >= 0.6 is 0 Å². The summed E-state index contributed by atoms with van der Waals surface area (Å²) in [6, 6.07) is 16.1. The molecule has 7 nitrogen and oxygen atoms in total. The molecule has 0 bridgehead atoms. The van der Waals surface area contributed by atoms with Crippen LogP contribution in [-0.4, -0.2) is 62.9 Å². The second-order valence-electron chi connectivity index (χ2n) is 13.1. The number of phenols is 1. The Labute approximate surface area is 271 Å². The van der Waals surface area contributed by atoms with E-state index in [0.717, 1.165) is 37.8 Å². The molecular weight excluding hydrogens is 603 g/mol. The van der Waals surface area contributed by atoms with Crippen molar-refractivity contribution in [2.75, 3.05) is 31.1 Å². The molecule has 1 unspecified atom stereocenters. The summed E-state index contributed by atoms with van der Waals surface area (Å²) < 4.78 is 52.8. The smallest absolute Gasteiger partial charge is 0.319 e. The number of aryl methyl sites for hydroxylation is 1. The van der Waals surface area contributed by atoms with Crippen LogP contribution < -0.4 is 9.64 Å². The average Bonchev–Trinajstić information content (AvgIpc) is 3.79. The molecule has 0 spiro atoms. The highest BCUT2D eigenvalue weighted by molar-refractivity contribution is 6.01. The Bertz CT molecular complexity index is 1990. The summed E-state index contributed by atoms with van der Waals surface area (Å²) in [4.78, 5) is 18.4. The van der Waals surface area contributed by atoms with Gasteiger partial charge in [-0.3, -0.25) is 9.88 Å². The van der Waals surface area contributed by atoms with Gasteiger partial charge >= 0.3 is 6.01 Å². The van der Waals surface area contributed by atoms with Crippen molar-refractivity contribution in [3.63, 3.8) is 0 Å². The van der Waals surface area contributed by atoms with E-state index in [-0.39, 0.29) is 41.2 Å². The molecule has 3 fully saturated rings. The Morgan fingerprint density at radius 3 is 2.72 bits per heavy atom. The number of hydrogen-bond acceptors (Lipinski definition) is 7. The maximum atomic E-state index is 17.0. The number of phenolic OH excluding ortho intramolecular Hbond substituents is 1. The molecule has 1 N–H and O–H groups in total. The molecule has 3 aliphatic heterocycles. The molecule has 3 saturated heterocycles. The van der Waals surface area contributed by atoms with Gasteiger partial charge in [-0.1, -0.05) is 43.3 Å². The van der Waals surface area contributed by atoms with Crippen molar-refractivity contribution < 1.29 is 23.0 Å². The number of pyridine rings is 1. The maximum absolute atomic E-state index is 17.0. The quantitative estimate of drug-likeness (QED) is 0.196. The first kappa shape index (κ1) is 29.9. The van der Waals surface area contributed by atoms with Gasteiger partial charge in [-0.25, -0.2) is 13.2 Å². The SMILES string of the molecule is CCc1c(F)ccc2cc(O)cc(-c3ncc4c(N5CCCC5c5ccccc5)nc(OC[C@@]56CCCN5C[C@H](F)C6)nc4c3F)c12. The number of benzene rings is 3. The topological polar surface area (TPSA) is 74.6 Å². The van der Waals surface area contributed by atoms with E-state index in [9.17, 15) is 9.50 Å². The van der Waals surface area contributed by atoms with E-state index in [4.69, 9.17) is 9.72 Å². The van der Waals surface area contributed by atoms with Gasteiger partial charge in [0, 0.05) is 31.3 Å². The number of aromatic nitrogens is 3. The van der Waals surface area contributed by atoms with Crippen molar-refractivity contribution in [2.45, 2.75) is 63.2 Å². The van der Waals surface area contributed by atoms with Gasteiger partial charge in [-0.15, -0.1) is 0 Å². The molecule has 3 aromatic carbocycles. The summed E-state index contributed by atoms with van der Waals surface area (Å²) in [5.41, 5.74) is 1.37. The zero-order valence-electron chi connectivity index (χ0n) is 26.2. The van der Waals surface area contributed by atoms with Crippen molar-refractivity contribution in [3.8, 4) is 23.0 Å². The third-order valence-corrected chi connectivity index (χ3v) is 10.3. The van der Waals surface area contributed by atoms with E-state index < -0.39 is 23.3 Å². The molecule has 242 valence electrons. The van der Waals surface area contributed by atoms with E-state index >= 15 is 8.78 Å². The summed E-state index contributed by atoms with van der Waals surface area (Å²) in [6.45, 7) is 3.95. The Kier molecular flexibility index (Phi) is 7.43. The van der Waals surface area contributed by atoms with Crippen LogP contribution in [0.3, 0.4) is 0 Å². The lowest BCUT2D eigenvalue weighted by Gasteiger charge is -2.31. The molecule has 5 aromatic rings. The minimum Gasteiger partial charge on any atom is -0.508 e. The van der Waals surface area contributed by atoms with Crippen molar-refractivity contribution >= 4 is 27.5 Å². The molecule has 0 amide bonds. The summed E-state index contributed by atoms with van der Waals surface area (Å²) in [6.07, 6.45) is 5.02. The summed E-state index contributed by atoms with van der Waals surface area (Å²) in [5, 5.41) is 12.1. The van der Waals surface area contributed by atoms with Crippen LogP contribution in [-0.2, 0) is 6.42 Å². The highest BCUT2D eigenvalue weighted by Crippen LogP contribution is 2.43. The standard InChI is InChI=1S/C37H36F3N5O2/c1-2-26-29(39)12-11-23-16-25(46)17-27(31(23)26)33-32(40)34-28(19-41-33)35(45-15-6-10-30(45)22-8-4-3-5-9-22)43-36(42-34)47-21-37-13-7-14-44(37)20-24(38)18-37/h3-5,8-9,11-12,16-17,19,24,30,46H,2,6-7,10,13-15,18,20-21H2,1H3/t24-,30?,37+/m1/s1. The first-order chi connectivity index (χ1) is 22.8. The zero-order valence-corrected chi connectivity index (χ0v) is 26.2. The molecule has 47 heavy (non-hydrogen) atoms. The van der Waals surface area contributed by atoms with Crippen molar-refractivity contribution in [1.29, 1.82) is 0 Å². The van der Waals surface area contributed by atoms with Crippen LogP contribution in [0.5, 0.6) is 11.8 Å². The fourth-order valence-corrected chi connectivity index (χ4v) is 8.21. The number of alkyl halides is 1. The van der Waals surface area contributed by atoms with Crippen molar-refractivity contribution in [3.05, 3.63) is 83.6 Å². The molecule has 0 aliphatic carbocycles. The Morgan fingerprint density at radius 2 is 1.89 bits per heavy atom. The van der Waals surface area contributed by atoms with Crippen LogP contribution in [0.15, 0.2) is 60.8 Å². The molecule has 5 heterocycles. The van der Waals surface area contributed by atoms with Gasteiger partial charge in [-0.05, 0) is 78.7 Å². The average molecular weight is 640 g/mol. The third-order valence-electron chi connectivity index (χ3n) is 10.3. The van der Waals surface area contributed by atoms with Crippen LogP contribution in [0.4, 0.5) is 19.0 Å². The number of ether oxygens (including phenoxy) is 1. The molecule has 8 rings (SSSR count). The molecule has 2 aromatic heterocycles. The van der Waals surface area contributed by atoms with Crippen molar-refractivity contribution in [2.24, 2.45) is 0 Å². The lowest BCUT2D eigenvalue weighted by atomic mass is 9.94. The van der Waals surface area contributed by atoms with Gasteiger partial charge in [0.2, 0.25) is 0 Å². The van der Waals surface area contributed by atoms with Gasteiger partial charge in [0.25, 0.3) is 0 Å². The number of halogens is 3. The van der Waals surface area contributed by atoms with Gasteiger partial charge < -0.3 is 14.7 Å². The fraction of sp³-hybridized carbons (Fsp3) is 0.378. The maximum Gasteiger partial charge on any atom is 0.319 e. The summed E-state index contributed by atoms with van der Waals surface area (Å²) in [7, 11) is 0. The fourth-order valence-electron chi connectivity index (χ4n) is 8.21. The molecule has 3 aliphatic rings. The van der Waals surface area contributed by atoms with Crippen LogP contribution in [0.1, 0.15) is 56.2 Å². The van der Waals surface area contributed by atoms with Crippen LogP contribution in [0.2, 0.25) is 0 Å². The van der Waals surface area contributed by atoms with Crippen LogP contribution in [0, 0.1) is 11.6 Å². The Balaban J connectivity index is 1.29. The van der Waals surface area contributed by atoms with Gasteiger partial charge in [0.15, 0.2) is 5.82 Å². The van der Waals surface area contributed by atoms with Gasteiger partial charge in [-0.2, -0.15) is 9.97 Å². The number of rotatable bonds is 7. The highest BCUT2D eigenvalue weighted by Gasteiger charge is 2.49. The van der Waals surface area contributed by atoms with E-state index in [1.807, 2.05) is 25.1 Å². The number of anilines is 1. The van der Waals surface area contributed by atoms with Gasteiger partial charge in [0.05, 0.1) is 17.0 Å². The van der Waals surface area contributed by atoms with E-state index in [2.05, 4.69) is 31.9 Å². The van der Waals surface area contributed by atoms with E-state index in [0.29, 0.717) is 53.5 Å². The molecule has 0 saturated carbocycles. The summed E-state index contributed by atoms with van der Waals surface area (Å²) in [5.74, 6) is -0.682. The Hall–Kier alpha value is -4.44. The molecule has 3 atom stereocenters. The lowest BCUT2D eigenvalue weighted by Crippen LogP contribution is -2.43. The third kappa shape index (κ3) is 5.04. The number of hydrogen-bond donors (Lipinski definition) is 1. The lowest BCUT2D eigenvalue weighted by molar-refractivity contribution is 0.107. The summed E-state index contributed by atoms with van der Waals surface area (Å²) >= 11 is 0. The predicted molar refractivity (Wildman–Crippen MR) is 176 cm³/mol. The number of aromatic hydroxyl groups is 1. The minimum absolute atomic E-state index is 0.0148. The predicted octanol–water partition coefficient (Wildman–Crippen LogP) is 7.69. The molecular formula is C37H36F3N5O2. The highest BCUT2D eigenvalue weighted by atomic mass is 19.1.